The van der Waals surface area contributed by atoms with Crippen LogP contribution in [0, 0.1) is 5.82 Å². The molecule has 1 atom stereocenters. The van der Waals surface area contributed by atoms with Crippen LogP contribution in [-0.4, -0.2) is 23.9 Å². The highest BCUT2D eigenvalue weighted by molar-refractivity contribution is 5.22. The first-order chi connectivity index (χ1) is 8.03. The third kappa shape index (κ3) is 5.65. The molecule has 0 bridgehead atoms. The van der Waals surface area contributed by atoms with Crippen LogP contribution in [0.5, 0.6) is 5.75 Å². The Morgan fingerprint density at radius 2 is 2.18 bits per heavy atom. The maximum atomic E-state index is 12.8. The lowest BCUT2D eigenvalue weighted by molar-refractivity contribution is 0.194. The summed E-state index contributed by atoms with van der Waals surface area (Å²) in [6.45, 7) is 2.34. The fourth-order valence-corrected chi connectivity index (χ4v) is 1.46. The molecule has 96 valence electrons. The van der Waals surface area contributed by atoms with Gasteiger partial charge in [-0.15, -0.1) is 0 Å². The molecule has 0 radical (unpaired) electrons. The number of aliphatic hydroxyl groups is 1. The van der Waals surface area contributed by atoms with Gasteiger partial charge in [-0.1, -0.05) is 6.07 Å². The average molecular weight is 241 g/mol. The summed E-state index contributed by atoms with van der Waals surface area (Å²) in [5, 5.41) is 8.96. The molecule has 1 rings (SSSR count). The highest BCUT2D eigenvalue weighted by atomic mass is 19.1. The number of nitrogens with two attached hydrogens (primary N) is 1. The Morgan fingerprint density at radius 3 is 2.82 bits per heavy atom. The van der Waals surface area contributed by atoms with Crippen LogP contribution >= 0.6 is 0 Å². The maximum Gasteiger partial charge on any atom is 0.126 e. The van der Waals surface area contributed by atoms with Crippen molar-refractivity contribution in [3.63, 3.8) is 0 Å². The highest BCUT2D eigenvalue weighted by Crippen LogP contribution is 2.14. The summed E-state index contributed by atoms with van der Waals surface area (Å²) in [6.07, 6.45) is 2.46. The zero-order valence-electron chi connectivity index (χ0n) is 10.2. The predicted molar refractivity (Wildman–Crippen MR) is 65.4 cm³/mol. The Hall–Kier alpha value is -1.13. The molecule has 0 saturated carbocycles. The monoisotopic (exact) mass is 241 g/mol. The first-order valence-electron chi connectivity index (χ1n) is 5.82. The molecular formula is C13H20FNO2. The Bertz CT molecular complexity index is 342. The second kappa shape index (κ2) is 6.57. The standard InChI is InChI=1S/C13H20FNO2/c1-13(15,10-16)7-2-3-8-17-12-6-4-5-11(14)9-12/h4-6,9,16H,2-3,7-8,10,15H2,1H3. The van der Waals surface area contributed by atoms with Crippen LogP contribution in [0.3, 0.4) is 0 Å². The van der Waals surface area contributed by atoms with Crippen molar-refractivity contribution in [1.82, 2.24) is 0 Å². The molecule has 0 heterocycles. The molecule has 0 spiro atoms. The smallest absolute Gasteiger partial charge is 0.126 e. The second-order valence-corrected chi connectivity index (χ2v) is 4.58. The van der Waals surface area contributed by atoms with Gasteiger partial charge in [-0.3, -0.25) is 0 Å². The van der Waals surface area contributed by atoms with Crippen LogP contribution < -0.4 is 10.5 Å². The van der Waals surface area contributed by atoms with Crippen LogP contribution in [-0.2, 0) is 0 Å². The number of aliphatic hydroxyl groups excluding tert-OH is 1. The Balaban J connectivity index is 2.17. The number of hydrogen-bond donors (Lipinski definition) is 2. The molecule has 0 aliphatic rings. The van der Waals surface area contributed by atoms with Gasteiger partial charge < -0.3 is 15.6 Å². The van der Waals surface area contributed by atoms with Crippen molar-refractivity contribution in [3.05, 3.63) is 30.1 Å². The molecular weight excluding hydrogens is 221 g/mol. The van der Waals surface area contributed by atoms with E-state index in [0.717, 1.165) is 19.3 Å². The normalized spacial score (nSPS) is 14.4. The highest BCUT2D eigenvalue weighted by Gasteiger charge is 2.15. The molecule has 0 saturated heterocycles. The number of unbranched alkanes of at least 4 members (excludes halogenated alkanes) is 1. The summed E-state index contributed by atoms with van der Waals surface area (Å²) in [7, 11) is 0. The first-order valence-corrected chi connectivity index (χ1v) is 5.82. The summed E-state index contributed by atoms with van der Waals surface area (Å²) >= 11 is 0. The largest absolute Gasteiger partial charge is 0.493 e. The van der Waals surface area contributed by atoms with Crippen molar-refractivity contribution in [3.8, 4) is 5.75 Å². The fraction of sp³-hybridized carbons (Fsp3) is 0.538. The number of halogens is 1. The van der Waals surface area contributed by atoms with E-state index in [2.05, 4.69) is 0 Å². The zero-order valence-corrected chi connectivity index (χ0v) is 10.2. The average Bonchev–Trinajstić information content (AvgIpc) is 2.29. The van der Waals surface area contributed by atoms with Gasteiger partial charge >= 0.3 is 0 Å². The topological polar surface area (TPSA) is 55.5 Å². The molecule has 3 N–H and O–H groups in total. The van der Waals surface area contributed by atoms with E-state index >= 15 is 0 Å². The summed E-state index contributed by atoms with van der Waals surface area (Å²) < 4.78 is 18.2. The van der Waals surface area contributed by atoms with Gasteiger partial charge in [-0.05, 0) is 38.3 Å². The molecule has 3 nitrogen and oxygen atoms in total. The minimum absolute atomic E-state index is 0.0161. The van der Waals surface area contributed by atoms with Crippen molar-refractivity contribution >= 4 is 0 Å². The minimum atomic E-state index is -0.515. The third-order valence-electron chi connectivity index (χ3n) is 2.57. The van der Waals surface area contributed by atoms with Crippen LogP contribution in [0.15, 0.2) is 24.3 Å². The Kier molecular flexibility index (Phi) is 5.38. The van der Waals surface area contributed by atoms with Crippen LogP contribution in [0.1, 0.15) is 26.2 Å². The molecule has 0 aromatic heterocycles. The van der Waals surface area contributed by atoms with E-state index in [-0.39, 0.29) is 12.4 Å². The molecule has 0 fully saturated rings. The summed E-state index contributed by atoms with van der Waals surface area (Å²) in [5.41, 5.74) is 5.27. The lowest BCUT2D eigenvalue weighted by Crippen LogP contribution is -2.39. The maximum absolute atomic E-state index is 12.8. The van der Waals surface area contributed by atoms with Crippen LogP contribution in [0.4, 0.5) is 4.39 Å². The Labute approximate surface area is 101 Å². The fourth-order valence-electron chi connectivity index (χ4n) is 1.46. The van der Waals surface area contributed by atoms with Crippen molar-refractivity contribution in [2.24, 2.45) is 5.73 Å². The molecule has 17 heavy (non-hydrogen) atoms. The predicted octanol–water partition coefficient (Wildman–Crippen LogP) is 2.08. The molecule has 1 unspecified atom stereocenters. The molecule has 0 amide bonds. The van der Waals surface area contributed by atoms with Gasteiger partial charge in [-0.2, -0.15) is 0 Å². The quantitative estimate of drug-likeness (QED) is 0.719. The number of rotatable bonds is 7. The second-order valence-electron chi connectivity index (χ2n) is 4.58. The molecule has 1 aromatic rings. The lowest BCUT2D eigenvalue weighted by atomic mass is 9.97. The van der Waals surface area contributed by atoms with E-state index in [0.29, 0.717) is 12.4 Å². The SMILES string of the molecule is CC(N)(CO)CCCCOc1cccc(F)c1. The van der Waals surface area contributed by atoms with Gasteiger partial charge in [0, 0.05) is 11.6 Å². The van der Waals surface area contributed by atoms with Gasteiger partial charge in [-0.25, -0.2) is 4.39 Å². The van der Waals surface area contributed by atoms with Crippen LogP contribution in [0.25, 0.3) is 0 Å². The summed E-state index contributed by atoms with van der Waals surface area (Å²) in [5.74, 6) is 0.250. The molecule has 0 aliphatic carbocycles. The summed E-state index contributed by atoms with van der Waals surface area (Å²) in [4.78, 5) is 0. The lowest BCUT2D eigenvalue weighted by Gasteiger charge is -2.21. The van der Waals surface area contributed by atoms with Gasteiger partial charge in [0.1, 0.15) is 11.6 Å². The molecule has 1 aromatic carbocycles. The Morgan fingerprint density at radius 1 is 1.41 bits per heavy atom. The van der Waals surface area contributed by atoms with E-state index in [4.69, 9.17) is 15.6 Å². The zero-order chi connectivity index (χ0) is 12.7. The van der Waals surface area contributed by atoms with Gasteiger partial charge in [0.25, 0.3) is 0 Å². The molecule has 4 heteroatoms. The van der Waals surface area contributed by atoms with Crippen molar-refractivity contribution in [1.29, 1.82) is 0 Å². The van der Waals surface area contributed by atoms with Crippen molar-refractivity contribution in [2.45, 2.75) is 31.7 Å². The van der Waals surface area contributed by atoms with Gasteiger partial charge in [0.2, 0.25) is 0 Å². The minimum Gasteiger partial charge on any atom is -0.493 e. The van der Waals surface area contributed by atoms with Gasteiger partial charge in [0.15, 0.2) is 0 Å². The van der Waals surface area contributed by atoms with E-state index < -0.39 is 5.54 Å². The summed E-state index contributed by atoms with van der Waals surface area (Å²) in [6, 6.07) is 6.09. The number of benzene rings is 1. The van der Waals surface area contributed by atoms with E-state index in [9.17, 15) is 4.39 Å². The van der Waals surface area contributed by atoms with E-state index in [1.165, 1.54) is 12.1 Å². The van der Waals surface area contributed by atoms with E-state index in [1.54, 1.807) is 12.1 Å². The third-order valence-corrected chi connectivity index (χ3v) is 2.57. The van der Waals surface area contributed by atoms with Crippen molar-refractivity contribution in [2.75, 3.05) is 13.2 Å². The van der Waals surface area contributed by atoms with Crippen molar-refractivity contribution < 1.29 is 14.2 Å². The number of hydrogen-bond acceptors (Lipinski definition) is 3. The van der Waals surface area contributed by atoms with Gasteiger partial charge in [0.05, 0.1) is 13.2 Å². The first kappa shape index (κ1) is 13.9. The number of ether oxygens (including phenoxy) is 1. The molecule has 0 aliphatic heterocycles. The van der Waals surface area contributed by atoms with E-state index in [1.807, 2.05) is 6.92 Å². The van der Waals surface area contributed by atoms with Crippen LogP contribution in [0.2, 0.25) is 0 Å².